The minimum absolute atomic E-state index is 0.458. The second-order valence-corrected chi connectivity index (χ2v) is 10.2. The third kappa shape index (κ3) is 12.0. The average Bonchev–Trinajstić information content (AvgIpc) is 3.71. The van der Waals surface area contributed by atoms with Crippen LogP contribution in [-0.4, -0.2) is 56.1 Å². The molecule has 1 saturated carbocycles. The molecular formula is C34H52N4O3. The first kappa shape index (κ1) is 35.7. The second-order valence-electron chi connectivity index (χ2n) is 10.2. The van der Waals surface area contributed by atoms with E-state index in [9.17, 15) is 9.59 Å². The van der Waals surface area contributed by atoms with Gasteiger partial charge in [0.25, 0.3) is 0 Å². The summed E-state index contributed by atoms with van der Waals surface area (Å²) in [6.07, 6.45) is 14.8. The molecule has 0 amide bonds. The van der Waals surface area contributed by atoms with Crippen LogP contribution in [0.3, 0.4) is 0 Å². The molecule has 0 unspecified atom stereocenters. The first-order valence-electron chi connectivity index (χ1n) is 14.7. The molecule has 4 rings (SSSR count). The van der Waals surface area contributed by atoms with Gasteiger partial charge in [-0.1, -0.05) is 55.8 Å². The topological polar surface area (TPSA) is 85.2 Å². The summed E-state index contributed by atoms with van der Waals surface area (Å²) in [6, 6.07) is 6.79. The summed E-state index contributed by atoms with van der Waals surface area (Å²) in [6.45, 7) is 13.9. The van der Waals surface area contributed by atoms with Gasteiger partial charge in [-0.05, 0) is 72.2 Å². The number of methoxy groups -OCH3 is 1. The van der Waals surface area contributed by atoms with Gasteiger partial charge in [0.2, 0.25) is 0 Å². The number of para-hydroxylation sites is 1. The third-order valence-corrected chi connectivity index (χ3v) is 6.90. The summed E-state index contributed by atoms with van der Waals surface area (Å²) < 4.78 is 7.63. The Balaban J connectivity index is 0.000000326. The Morgan fingerprint density at radius 3 is 2.22 bits per heavy atom. The minimum atomic E-state index is 0.458. The number of benzene rings is 1. The summed E-state index contributed by atoms with van der Waals surface area (Å²) in [5.41, 5.74) is 6.44. The average molecular weight is 565 g/mol. The summed E-state index contributed by atoms with van der Waals surface area (Å²) >= 11 is 0. The van der Waals surface area contributed by atoms with Gasteiger partial charge in [0, 0.05) is 48.3 Å². The van der Waals surface area contributed by atoms with Crippen LogP contribution in [0.15, 0.2) is 65.5 Å². The zero-order valence-electron chi connectivity index (χ0n) is 26.7. The van der Waals surface area contributed by atoms with Crippen molar-refractivity contribution in [3.63, 3.8) is 0 Å². The lowest BCUT2D eigenvalue weighted by Gasteiger charge is -2.27. The van der Waals surface area contributed by atoms with Gasteiger partial charge >= 0.3 is 0 Å². The van der Waals surface area contributed by atoms with E-state index >= 15 is 0 Å². The van der Waals surface area contributed by atoms with Gasteiger partial charge < -0.3 is 15.4 Å². The van der Waals surface area contributed by atoms with E-state index in [0.29, 0.717) is 17.7 Å². The van der Waals surface area contributed by atoms with Crippen LogP contribution in [-0.2, 0) is 16.0 Å². The number of nitrogens with one attached hydrogen (secondary N) is 2. The van der Waals surface area contributed by atoms with Crippen molar-refractivity contribution in [3.05, 3.63) is 71.1 Å². The molecule has 1 aliphatic heterocycles. The highest BCUT2D eigenvalue weighted by Crippen LogP contribution is 2.33. The van der Waals surface area contributed by atoms with Crippen LogP contribution >= 0.6 is 0 Å². The second kappa shape index (κ2) is 19.7. The zero-order valence-corrected chi connectivity index (χ0v) is 26.7. The Hall–Kier alpha value is -3.29. The fraction of sp³-hybridized carbons (Fsp3) is 0.500. The lowest BCUT2D eigenvalue weighted by Crippen LogP contribution is -2.43. The molecule has 226 valence electrons. The summed E-state index contributed by atoms with van der Waals surface area (Å²) in [7, 11) is 5.48. The first-order valence-corrected chi connectivity index (χ1v) is 14.7. The summed E-state index contributed by atoms with van der Waals surface area (Å²) in [5, 5.41) is 10.5. The number of hydrogen-bond acceptors (Lipinski definition) is 6. The quantitative estimate of drug-likeness (QED) is 0.205. The van der Waals surface area contributed by atoms with E-state index in [1.165, 1.54) is 11.1 Å². The van der Waals surface area contributed by atoms with Crippen LogP contribution in [0, 0.1) is 5.92 Å². The van der Waals surface area contributed by atoms with E-state index in [1.54, 1.807) is 7.11 Å². The van der Waals surface area contributed by atoms with Crippen LogP contribution in [0.4, 0.5) is 0 Å². The molecule has 0 radical (unpaired) electrons. The number of allylic oxidation sites excluding steroid dienone is 6. The maximum atomic E-state index is 10.6. The number of carbonyl (C=O) groups is 2. The number of nitrogens with zero attached hydrogens (tertiary/aromatic N) is 2. The number of ketones is 1. The lowest BCUT2D eigenvalue weighted by molar-refractivity contribution is -0.119. The Kier molecular flexibility index (Phi) is 17.2. The molecule has 2 aliphatic rings. The summed E-state index contributed by atoms with van der Waals surface area (Å²) in [4.78, 5) is 21.1. The van der Waals surface area contributed by atoms with E-state index in [-0.39, 0.29) is 0 Å². The molecule has 0 atom stereocenters. The number of carbonyl (C=O) groups excluding carboxylic acids is 2. The van der Waals surface area contributed by atoms with Crippen molar-refractivity contribution >= 4 is 12.1 Å². The molecule has 2 aromatic rings. The highest BCUT2D eigenvalue weighted by Gasteiger charge is 2.27. The Bertz CT molecular complexity index is 1170. The maximum absolute atomic E-state index is 10.6. The molecule has 2 heterocycles. The number of aryl methyl sites for hydroxylation is 1. The molecule has 1 aromatic carbocycles. The molecular weight excluding hydrogens is 512 g/mol. The van der Waals surface area contributed by atoms with Crippen LogP contribution in [0.1, 0.15) is 72.4 Å². The molecule has 7 heteroatoms. The Morgan fingerprint density at radius 2 is 1.80 bits per heavy atom. The van der Waals surface area contributed by atoms with E-state index in [4.69, 9.17) is 4.74 Å². The van der Waals surface area contributed by atoms with Crippen LogP contribution in [0.2, 0.25) is 0 Å². The van der Waals surface area contributed by atoms with E-state index < -0.39 is 0 Å². The minimum Gasteiger partial charge on any atom is -0.496 e. The number of Topliss-reactive ketones (excluding diaryl/α,β-unsaturated/α-hetero) is 1. The van der Waals surface area contributed by atoms with Gasteiger partial charge in [0.05, 0.1) is 19.3 Å². The van der Waals surface area contributed by atoms with Crippen molar-refractivity contribution in [1.82, 2.24) is 20.4 Å². The van der Waals surface area contributed by atoms with Crippen molar-refractivity contribution < 1.29 is 14.3 Å². The number of ether oxygens (including phenoxy) is 1. The van der Waals surface area contributed by atoms with Crippen LogP contribution in [0.25, 0.3) is 11.1 Å². The monoisotopic (exact) mass is 564 g/mol. The molecule has 1 aliphatic carbocycles. The third-order valence-electron chi connectivity index (χ3n) is 6.90. The predicted octanol–water partition coefficient (Wildman–Crippen LogP) is 6.52. The zero-order chi connectivity index (χ0) is 30.8. The van der Waals surface area contributed by atoms with E-state index in [0.717, 1.165) is 73.1 Å². The molecule has 41 heavy (non-hydrogen) atoms. The van der Waals surface area contributed by atoms with Crippen molar-refractivity contribution in [2.24, 2.45) is 5.92 Å². The molecule has 0 spiro atoms. The number of aldehydes is 1. The van der Waals surface area contributed by atoms with Crippen molar-refractivity contribution in [2.45, 2.75) is 73.3 Å². The SMILES string of the molecule is CCC(=O)C1CC1.CCc1cccc(-c2cnn(C3CNC3)c2)c1OC.CNC.C\C=C(C)/C=C(C)\C(C=O)=C/C. The number of hydrogen-bond donors (Lipinski definition) is 2. The highest BCUT2D eigenvalue weighted by molar-refractivity contribution is 5.82. The molecule has 2 N–H and O–H groups in total. The Labute approximate surface area is 248 Å². The van der Waals surface area contributed by atoms with Gasteiger partial charge in [-0.15, -0.1) is 0 Å². The molecule has 2 fully saturated rings. The van der Waals surface area contributed by atoms with Gasteiger partial charge in [-0.2, -0.15) is 5.10 Å². The van der Waals surface area contributed by atoms with Gasteiger partial charge in [-0.3, -0.25) is 14.3 Å². The summed E-state index contributed by atoms with van der Waals surface area (Å²) in [5.74, 6) is 1.90. The van der Waals surface area contributed by atoms with Crippen molar-refractivity contribution in [1.29, 1.82) is 0 Å². The number of rotatable bonds is 9. The molecule has 1 aromatic heterocycles. The largest absolute Gasteiger partial charge is 0.496 e. The Morgan fingerprint density at radius 1 is 1.15 bits per heavy atom. The van der Waals surface area contributed by atoms with Gasteiger partial charge in [0.1, 0.15) is 17.8 Å². The fourth-order valence-electron chi connectivity index (χ4n) is 4.06. The fourth-order valence-corrected chi connectivity index (χ4v) is 4.06. The molecule has 1 saturated heterocycles. The normalized spacial score (nSPS) is 15.2. The van der Waals surface area contributed by atoms with Gasteiger partial charge in [-0.25, -0.2) is 0 Å². The van der Waals surface area contributed by atoms with Crippen molar-refractivity contribution in [2.75, 3.05) is 34.3 Å². The molecule has 7 nitrogen and oxygen atoms in total. The van der Waals surface area contributed by atoms with Crippen LogP contribution < -0.4 is 15.4 Å². The standard InChI is InChI=1S/C15H19N3O.C11H16O.C6H10O.C2H7N/c1-3-11-5-4-6-14(15(11)19-2)12-7-17-18(10-12)13-8-16-9-13;1-5-9(3)7-10(4)11(6-2)8-12;1-2-6(7)5-3-4-5;1-3-2/h4-7,10,13,16H,3,8-9H2,1-2H3;5-8H,1-4H3;5H,2-4H2,1H3;3H,1-2H3/b;9-5-,10-7-,11-6-;;. The van der Waals surface area contributed by atoms with E-state index in [1.807, 2.05) is 77.8 Å². The van der Waals surface area contributed by atoms with Crippen molar-refractivity contribution in [3.8, 4) is 16.9 Å². The maximum Gasteiger partial charge on any atom is 0.149 e. The van der Waals surface area contributed by atoms with Crippen LogP contribution in [0.5, 0.6) is 5.75 Å². The first-order chi connectivity index (χ1) is 19.7. The van der Waals surface area contributed by atoms with Gasteiger partial charge in [0.15, 0.2) is 0 Å². The predicted molar refractivity (Wildman–Crippen MR) is 172 cm³/mol. The lowest BCUT2D eigenvalue weighted by atomic mass is 10.0. The van der Waals surface area contributed by atoms with E-state index in [2.05, 4.69) is 47.1 Å². The smallest absolute Gasteiger partial charge is 0.149 e. The molecule has 0 bridgehead atoms. The highest BCUT2D eigenvalue weighted by atomic mass is 16.5. The number of aromatic nitrogens is 2.